The van der Waals surface area contributed by atoms with Gasteiger partial charge in [0.25, 0.3) is 5.91 Å². The highest BCUT2D eigenvalue weighted by Gasteiger charge is 2.10. The smallest absolute Gasteiger partial charge is 0.321 e. The van der Waals surface area contributed by atoms with Gasteiger partial charge in [0.1, 0.15) is 0 Å². The van der Waals surface area contributed by atoms with E-state index < -0.39 is 17.8 Å². The first kappa shape index (κ1) is 16.4. The molecular formula is C13H18N4O4. The van der Waals surface area contributed by atoms with Crippen LogP contribution in [0.4, 0.5) is 10.5 Å². The molecule has 0 heterocycles. The first-order chi connectivity index (χ1) is 10.0. The van der Waals surface area contributed by atoms with Gasteiger partial charge in [-0.3, -0.25) is 14.9 Å². The van der Waals surface area contributed by atoms with E-state index in [-0.39, 0.29) is 12.1 Å². The highest BCUT2D eigenvalue weighted by molar-refractivity contribution is 6.00. The van der Waals surface area contributed by atoms with Crippen molar-refractivity contribution in [2.75, 3.05) is 32.1 Å². The Morgan fingerprint density at radius 3 is 2.62 bits per heavy atom. The van der Waals surface area contributed by atoms with Crippen molar-refractivity contribution in [1.82, 2.24) is 10.6 Å². The summed E-state index contributed by atoms with van der Waals surface area (Å²) in [5.74, 6) is -1.14. The lowest BCUT2D eigenvalue weighted by Crippen LogP contribution is -2.43. The summed E-state index contributed by atoms with van der Waals surface area (Å²) < 4.78 is 4.75. The number of hydrogen-bond donors (Lipinski definition) is 4. The van der Waals surface area contributed by atoms with Crippen molar-refractivity contribution in [2.24, 2.45) is 5.73 Å². The van der Waals surface area contributed by atoms with Crippen LogP contribution in [0.25, 0.3) is 0 Å². The number of ether oxygens (including phenoxy) is 1. The van der Waals surface area contributed by atoms with Gasteiger partial charge >= 0.3 is 6.03 Å². The van der Waals surface area contributed by atoms with Gasteiger partial charge in [-0.2, -0.15) is 0 Å². The van der Waals surface area contributed by atoms with Crippen LogP contribution in [0.15, 0.2) is 24.3 Å². The molecule has 1 rings (SSSR count). The number of urea groups is 1. The number of primary amides is 1. The molecule has 1 aromatic carbocycles. The molecule has 114 valence electrons. The van der Waals surface area contributed by atoms with Gasteiger partial charge in [-0.1, -0.05) is 12.1 Å². The predicted molar refractivity (Wildman–Crippen MR) is 76.9 cm³/mol. The van der Waals surface area contributed by atoms with Crippen LogP contribution >= 0.6 is 0 Å². The van der Waals surface area contributed by atoms with E-state index in [9.17, 15) is 14.4 Å². The van der Waals surface area contributed by atoms with Gasteiger partial charge in [0.2, 0.25) is 5.91 Å². The molecule has 0 aliphatic rings. The molecule has 0 aliphatic carbocycles. The summed E-state index contributed by atoms with van der Waals surface area (Å²) in [5, 5.41) is 7.33. The average molecular weight is 294 g/mol. The number of amides is 4. The molecule has 4 amide bonds. The minimum atomic E-state index is -0.609. The lowest BCUT2D eigenvalue weighted by Gasteiger charge is -2.10. The highest BCUT2D eigenvalue weighted by atomic mass is 16.5. The first-order valence-corrected chi connectivity index (χ1v) is 6.24. The molecule has 8 nitrogen and oxygen atoms in total. The summed E-state index contributed by atoms with van der Waals surface area (Å²) in [6, 6.07) is 5.91. The molecule has 0 spiro atoms. The zero-order valence-electron chi connectivity index (χ0n) is 11.6. The Morgan fingerprint density at radius 2 is 1.95 bits per heavy atom. The summed E-state index contributed by atoms with van der Waals surface area (Å²) in [6.07, 6.45) is 0. The third-order valence-electron chi connectivity index (χ3n) is 2.48. The van der Waals surface area contributed by atoms with Crippen LogP contribution in [0, 0.1) is 0 Å². The summed E-state index contributed by atoms with van der Waals surface area (Å²) in [7, 11) is 1.50. The second-order valence-electron chi connectivity index (χ2n) is 4.06. The van der Waals surface area contributed by atoms with E-state index in [1.807, 2.05) is 0 Å². The number of rotatable bonds is 7. The molecule has 0 aliphatic heterocycles. The summed E-state index contributed by atoms with van der Waals surface area (Å²) in [4.78, 5) is 34.1. The third-order valence-corrected chi connectivity index (χ3v) is 2.48. The van der Waals surface area contributed by atoms with Crippen LogP contribution in [0.3, 0.4) is 0 Å². The maximum absolute atomic E-state index is 11.6. The minimum absolute atomic E-state index is 0.165. The average Bonchev–Trinajstić information content (AvgIpc) is 2.45. The fourth-order valence-corrected chi connectivity index (χ4v) is 1.51. The fraction of sp³-hybridized carbons (Fsp3) is 0.308. The maximum atomic E-state index is 11.6. The van der Waals surface area contributed by atoms with Crippen molar-refractivity contribution in [3.05, 3.63) is 29.8 Å². The van der Waals surface area contributed by atoms with Crippen LogP contribution in [-0.2, 0) is 9.53 Å². The van der Waals surface area contributed by atoms with E-state index in [4.69, 9.17) is 10.5 Å². The number of imide groups is 1. The van der Waals surface area contributed by atoms with Gasteiger partial charge in [0, 0.05) is 19.3 Å². The normalized spacial score (nSPS) is 9.76. The Hall–Kier alpha value is -2.61. The Balaban J connectivity index is 2.43. The molecule has 0 atom stereocenters. The number of hydrogen-bond acceptors (Lipinski definition) is 5. The summed E-state index contributed by atoms with van der Waals surface area (Å²) in [5.41, 5.74) is 5.92. The number of para-hydroxylation sites is 1. The lowest BCUT2D eigenvalue weighted by atomic mass is 10.1. The first-order valence-electron chi connectivity index (χ1n) is 6.24. The monoisotopic (exact) mass is 294 g/mol. The topological polar surface area (TPSA) is 123 Å². The molecule has 1 aromatic rings. The molecule has 0 bridgehead atoms. The quantitative estimate of drug-likeness (QED) is 0.513. The van der Waals surface area contributed by atoms with Crippen molar-refractivity contribution in [3.8, 4) is 0 Å². The van der Waals surface area contributed by atoms with E-state index in [1.165, 1.54) is 7.11 Å². The fourth-order valence-electron chi connectivity index (χ4n) is 1.51. The minimum Gasteiger partial charge on any atom is -0.383 e. The Morgan fingerprint density at radius 1 is 1.24 bits per heavy atom. The van der Waals surface area contributed by atoms with Gasteiger partial charge < -0.3 is 21.1 Å². The zero-order chi connectivity index (χ0) is 15.7. The van der Waals surface area contributed by atoms with E-state index in [0.29, 0.717) is 18.8 Å². The molecule has 0 aromatic heterocycles. The molecular weight excluding hydrogens is 276 g/mol. The van der Waals surface area contributed by atoms with Gasteiger partial charge in [-0.25, -0.2) is 4.79 Å². The number of methoxy groups -OCH3 is 1. The van der Waals surface area contributed by atoms with Gasteiger partial charge in [0.05, 0.1) is 18.7 Å². The van der Waals surface area contributed by atoms with E-state index in [2.05, 4.69) is 16.0 Å². The SMILES string of the molecule is COCCNC(=O)NC(=O)CNc1ccccc1C(N)=O. The molecule has 0 fully saturated rings. The van der Waals surface area contributed by atoms with Crippen LogP contribution in [0.1, 0.15) is 10.4 Å². The molecule has 0 saturated heterocycles. The Kier molecular flexibility index (Phi) is 6.69. The van der Waals surface area contributed by atoms with Crippen LogP contribution in [0.5, 0.6) is 0 Å². The van der Waals surface area contributed by atoms with Gasteiger partial charge in [-0.05, 0) is 12.1 Å². The van der Waals surface area contributed by atoms with Gasteiger partial charge in [-0.15, -0.1) is 0 Å². The third kappa shape index (κ3) is 5.91. The molecule has 8 heteroatoms. The van der Waals surface area contributed by atoms with Crippen LogP contribution < -0.4 is 21.7 Å². The summed E-state index contributed by atoms with van der Waals surface area (Å²) in [6.45, 7) is 0.487. The molecule has 0 unspecified atom stereocenters. The van der Waals surface area contributed by atoms with Crippen molar-refractivity contribution in [3.63, 3.8) is 0 Å². The van der Waals surface area contributed by atoms with E-state index >= 15 is 0 Å². The second kappa shape index (κ2) is 8.54. The highest BCUT2D eigenvalue weighted by Crippen LogP contribution is 2.13. The number of anilines is 1. The number of benzene rings is 1. The second-order valence-corrected chi connectivity index (χ2v) is 4.06. The standard InChI is InChI=1S/C13H18N4O4/c1-21-7-6-15-13(20)17-11(18)8-16-10-5-3-2-4-9(10)12(14)19/h2-5,16H,6-8H2,1H3,(H2,14,19)(H2,15,17,18,20). The molecule has 0 saturated carbocycles. The predicted octanol–water partition coefficient (Wildman–Crippen LogP) is -0.330. The number of nitrogens with one attached hydrogen (secondary N) is 3. The van der Waals surface area contributed by atoms with Crippen molar-refractivity contribution < 1.29 is 19.1 Å². The largest absolute Gasteiger partial charge is 0.383 e. The lowest BCUT2D eigenvalue weighted by molar-refractivity contribution is -0.118. The van der Waals surface area contributed by atoms with Crippen molar-refractivity contribution in [2.45, 2.75) is 0 Å². The maximum Gasteiger partial charge on any atom is 0.321 e. The Bertz CT molecular complexity index is 519. The zero-order valence-corrected chi connectivity index (χ0v) is 11.6. The molecule has 0 radical (unpaired) electrons. The number of nitrogens with two attached hydrogens (primary N) is 1. The van der Waals surface area contributed by atoms with E-state index in [1.54, 1.807) is 24.3 Å². The van der Waals surface area contributed by atoms with Crippen LogP contribution in [-0.4, -0.2) is 44.7 Å². The number of carbonyl (C=O) groups is 3. The summed E-state index contributed by atoms with van der Waals surface area (Å²) >= 11 is 0. The van der Waals surface area contributed by atoms with Crippen molar-refractivity contribution in [1.29, 1.82) is 0 Å². The Labute approximate surface area is 122 Å². The molecule has 21 heavy (non-hydrogen) atoms. The van der Waals surface area contributed by atoms with E-state index in [0.717, 1.165) is 0 Å². The molecule has 5 N–H and O–H groups in total. The van der Waals surface area contributed by atoms with Crippen molar-refractivity contribution >= 4 is 23.5 Å². The van der Waals surface area contributed by atoms with Crippen LogP contribution in [0.2, 0.25) is 0 Å². The number of carbonyl (C=O) groups excluding carboxylic acids is 3. The van der Waals surface area contributed by atoms with Gasteiger partial charge in [0.15, 0.2) is 0 Å².